The Balaban J connectivity index is 0.00000161. The van der Waals surface area contributed by atoms with Gasteiger partial charge in [-0.05, 0) is 43.7 Å². The zero-order chi connectivity index (χ0) is 14.0. The van der Waals surface area contributed by atoms with Crippen LogP contribution in [0, 0.1) is 0 Å². The first-order chi connectivity index (χ1) is 9.67. The summed E-state index contributed by atoms with van der Waals surface area (Å²) in [6.07, 6.45) is 3.52. The van der Waals surface area contributed by atoms with Crippen molar-refractivity contribution in [3.63, 3.8) is 0 Å². The van der Waals surface area contributed by atoms with E-state index in [9.17, 15) is 8.42 Å². The van der Waals surface area contributed by atoms with Crippen LogP contribution >= 0.6 is 12.4 Å². The minimum absolute atomic E-state index is 0. The molecule has 114 valence electrons. The van der Waals surface area contributed by atoms with Gasteiger partial charge < -0.3 is 5.32 Å². The van der Waals surface area contributed by atoms with Crippen LogP contribution in [0.25, 0.3) is 10.9 Å². The van der Waals surface area contributed by atoms with E-state index < -0.39 is 10.0 Å². The number of piperidine rings is 1. The standard InChI is InChI=1S/C14H17N3O2S.ClH/c18-20(19,17-11-4-2-8-15-10-11)14-7-1-6-13-12(14)5-3-9-16-13;/h1,3,5-7,9,11,15,17H,2,4,8,10H2;1H/t11-;/m1./s1. The van der Waals surface area contributed by atoms with Gasteiger partial charge in [0.1, 0.15) is 0 Å². The lowest BCUT2D eigenvalue weighted by atomic mass is 10.1. The molecular weight excluding hydrogens is 310 g/mol. The average molecular weight is 328 g/mol. The predicted molar refractivity (Wildman–Crippen MR) is 85.2 cm³/mol. The highest BCUT2D eigenvalue weighted by Gasteiger charge is 2.23. The molecule has 7 heteroatoms. The number of nitrogens with zero attached hydrogens (tertiary/aromatic N) is 1. The van der Waals surface area contributed by atoms with Crippen molar-refractivity contribution >= 4 is 33.3 Å². The van der Waals surface area contributed by atoms with Crippen molar-refractivity contribution in [1.82, 2.24) is 15.0 Å². The minimum Gasteiger partial charge on any atom is -0.315 e. The molecule has 1 saturated heterocycles. The van der Waals surface area contributed by atoms with E-state index in [4.69, 9.17) is 0 Å². The Labute approximate surface area is 130 Å². The summed E-state index contributed by atoms with van der Waals surface area (Å²) >= 11 is 0. The smallest absolute Gasteiger partial charge is 0.241 e. The highest BCUT2D eigenvalue weighted by Crippen LogP contribution is 2.21. The van der Waals surface area contributed by atoms with Crippen molar-refractivity contribution in [2.24, 2.45) is 0 Å². The number of rotatable bonds is 3. The summed E-state index contributed by atoms with van der Waals surface area (Å²) in [5.74, 6) is 0. The second-order valence-corrected chi connectivity index (χ2v) is 6.67. The molecule has 2 heterocycles. The third-order valence-corrected chi connectivity index (χ3v) is 5.09. The molecule has 0 bridgehead atoms. The number of fused-ring (bicyclic) bond motifs is 1. The number of aromatic nitrogens is 1. The summed E-state index contributed by atoms with van der Waals surface area (Å²) in [6.45, 7) is 1.64. The van der Waals surface area contributed by atoms with Crippen LogP contribution in [-0.4, -0.2) is 32.5 Å². The summed E-state index contributed by atoms with van der Waals surface area (Å²) in [6, 6.07) is 8.67. The summed E-state index contributed by atoms with van der Waals surface area (Å²) in [4.78, 5) is 4.50. The van der Waals surface area contributed by atoms with Gasteiger partial charge in [-0.15, -0.1) is 12.4 Å². The van der Waals surface area contributed by atoms with E-state index in [1.54, 1.807) is 30.5 Å². The van der Waals surface area contributed by atoms with Crippen molar-refractivity contribution in [2.75, 3.05) is 13.1 Å². The third kappa shape index (κ3) is 3.52. The number of hydrogen-bond acceptors (Lipinski definition) is 4. The molecule has 3 rings (SSSR count). The first-order valence-electron chi connectivity index (χ1n) is 6.74. The van der Waals surface area contributed by atoms with Gasteiger partial charge >= 0.3 is 0 Å². The van der Waals surface area contributed by atoms with Crippen LogP contribution in [0.2, 0.25) is 0 Å². The molecule has 1 aromatic carbocycles. The number of benzene rings is 1. The van der Waals surface area contributed by atoms with Gasteiger partial charge in [0.15, 0.2) is 0 Å². The van der Waals surface area contributed by atoms with Crippen LogP contribution in [-0.2, 0) is 10.0 Å². The largest absolute Gasteiger partial charge is 0.315 e. The molecule has 1 fully saturated rings. The highest BCUT2D eigenvalue weighted by atomic mass is 35.5. The molecular formula is C14H18ClN3O2S. The molecule has 0 radical (unpaired) electrons. The van der Waals surface area contributed by atoms with Crippen LogP contribution in [0.15, 0.2) is 41.4 Å². The molecule has 1 aliphatic heterocycles. The maximum atomic E-state index is 12.5. The molecule has 1 aromatic heterocycles. The second kappa shape index (κ2) is 6.70. The van der Waals surface area contributed by atoms with Crippen molar-refractivity contribution in [3.05, 3.63) is 36.5 Å². The summed E-state index contributed by atoms with van der Waals surface area (Å²) in [5, 5.41) is 3.87. The molecule has 1 aliphatic rings. The quantitative estimate of drug-likeness (QED) is 0.900. The maximum absolute atomic E-state index is 12.5. The highest BCUT2D eigenvalue weighted by molar-refractivity contribution is 7.89. The lowest BCUT2D eigenvalue weighted by Crippen LogP contribution is -2.45. The molecule has 5 nitrogen and oxygen atoms in total. The average Bonchev–Trinajstić information content (AvgIpc) is 2.47. The van der Waals surface area contributed by atoms with E-state index in [-0.39, 0.29) is 18.4 Å². The Morgan fingerprint density at radius 1 is 1.24 bits per heavy atom. The maximum Gasteiger partial charge on any atom is 0.241 e. The Morgan fingerprint density at radius 3 is 2.86 bits per heavy atom. The van der Waals surface area contributed by atoms with Crippen LogP contribution < -0.4 is 10.0 Å². The molecule has 2 N–H and O–H groups in total. The topological polar surface area (TPSA) is 71.1 Å². The van der Waals surface area contributed by atoms with E-state index in [2.05, 4.69) is 15.0 Å². The first-order valence-corrected chi connectivity index (χ1v) is 8.22. The van der Waals surface area contributed by atoms with Gasteiger partial charge in [0.2, 0.25) is 10.0 Å². The van der Waals surface area contributed by atoms with Gasteiger partial charge in [0.05, 0.1) is 10.4 Å². The number of halogens is 1. The predicted octanol–water partition coefficient (Wildman–Crippen LogP) is 1.69. The molecule has 0 amide bonds. The Hall–Kier alpha value is -1.21. The summed E-state index contributed by atoms with van der Waals surface area (Å²) < 4.78 is 27.9. The summed E-state index contributed by atoms with van der Waals surface area (Å²) in [7, 11) is -3.52. The molecule has 0 unspecified atom stereocenters. The zero-order valence-electron chi connectivity index (χ0n) is 11.5. The fourth-order valence-corrected chi connectivity index (χ4v) is 4.03. The number of hydrogen-bond donors (Lipinski definition) is 2. The van der Waals surface area contributed by atoms with E-state index in [0.29, 0.717) is 22.3 Å². The number of sulfonamides is 1. The van der Waals surface area contributed by atoms with Gasteiger partial charge in [0, 0.05) is 24.2 Å². The van der Waals surface area contributed by atoms with Crippen molar-refractivity contribution in [3.8, 4) is 0 Å². The van der Waals surface area contributed by atoms with Crippen LogP contribution in [0.4, 0.5) is 0 Å². The van der Waals surface area contributed by atoms with Crippen molar-refractivity contribution in [1.29, 1.82) is 0 Å². The van der Waals surface area contributed by atoms with Crippen molar-refractivity contribution < 1.29 is 8.42 Å². The summed E-state index contributed by atoms with van der Waals surface area (Å²) in [5.41, 5.74) is 0.692. The number of pyridine rings is 1. The van der Waals surface area contributed by atoms with E-state index >= 15 is 0 Å². The normalized spacial score (nSPS) is 19.1. The van der Waals surface area contributed by atoms with E-state index in [0.717, 1.165) is 19.4 Å². The molecule has 0 saturated carbocycles. The SMILES string of the molecule is Cl.O=S(=O)(N[C@@H]1CCCNC1)c1cccc2ncccc12. The first kappa shape index (κ1) is 16.2. The third-order valence-electron chi connectivity index (χ3n) is 3.51. The van der Waals surface area contributed by atoms with Gasteiger partial charge in [0.25, 0.3) is 0 Å². The Morgan fingerprint density at radius 2 is 2.10 bits per heavy atom. The molecule has 0 spiro atoms. The zero-order valence-corrected chi connectivity index (χ0v) is 13.1. The lowest BCUT2D eigenvalue weighted by Gasteiger charge is -2.23. The Bertz CT molecular complexity index is 710. The monoisotopic (exact) mass is 327 g/mol. The van der Waals surface area contributed by atoms with Crippen LogP contribution in [0.1, 0.15) is 12.8 Å². The van der Waals surface area contributed by atoms with Gasteiger partial charge in [-0.2, -0.15) is 0 Å². The second-order valence-electron chi connectivity index (χ2n) is 4.99. The minimum atomic E-state index is -3.52. The molecule has 0 aliphatic carbocycles. The van der Waals surface area contributed by atoms with Crippen molar-refractivity contribution in [2.45, 2.75) is 23.8 Å². The molecule has 21 heavy (non-hydrogen) atoms. The van der Waals surface area contributed by atoms with E-state index in [1.165, 1.54) is 0 Å². The van der Waals surface area contributed by atoms with E-state index in [1.807, 2.05) is 6.07 Å². The van der Waals surface area contributed by atoms with Gasteiger partial charge in [-0.1, -0.05) is 6.07 Å². The number of nitrogens with one attached hydrogen (secondary N) is 2. The molecule has 1 atom stereocenters. The molecule has 2 aromatic rings. The lowest BCUT2D eigenvalue weighted by molar-refractivity contribution is 0.429. The van der Waals surface area contributed by atoms with Crippen LogP contribution in [0.3, 0.4) is 0 Å². The van der Waals surface area contributed by atoms with Gasteiger partial charge in [-0.3, -0.25) is 4.98 Å². The Kier molecular flexibility index (Phi) is 5.16. The fraction of sp³-hybridized carbons (Fsp3) is 0.357. The van der Waals surface area contributed by atoms with Crippen LogP contribution in [0.5, 0.6) is 0 Å². The van der Waals surface area contributed by atoms with Gasteiger partial charge in [-0.25, -0.2) is 13.1 Å². The fourth-order valence-electron chi connectivity index (χ4n) is 2.54.